The minimum Gasteiger partial charge on any atom is -0.296 e. The van der Waals surface area contributed by atoms with Gasteiger partial charge in [-0.1, -0.05) is 24.3 Å². The van der Waals surface area contributed by atoms with Crippen molar-refractivity contribution in [3.63, 3.8) is 0 Å². The van der Waals surface area contributed by atoms with Crippen LogP contribution in [-0.2, 0) is 16.4 Å². The molecule has 2 atom stereocenters. The molecule has 2 aliphatic heterocycles. The molecular formula is C15H23ClN2O2S. The standard InChI is InChI=1S/C15H22N2O2S.ClH/c1-2-20(18,19)16-13-8-10-17-9-7-12-5-3-4-6-14(12)15(17)11-13;/h3-6,13,15-16H,2,7-11H2,1H3;1H. The highest BCUT2D eigenvalue weighted by Gasteiger charge is 2.34. The molecule has 0 bridgehead atoms. The Morgan fingerprint density at radius 3 is 2.81 bits per heavy atom. The summed E-state index contributed by atoms with van der Waals surface area (Å²) in [5.74, 6) is 0.161. The van der Waals surface area contributed by atoms with Crippen LogP contribution < -0.4 is 4.72 Å². The summed E-state index contributed by atoms with van der Waals surface area (Å²) < 4.78 is 26.4. The van der Waals surface area contributed by atoms with Crippen LogP contribution in [0.2, 0.25) is 0 Å². The van der Waals surface area contributed by atoms with E-state index in [2.05, 4.69) is 33.9 Å². The van der Waals surface area contributed by atoms with Gasteiger partial charge >= 0.3 is 0 Å². The van der Waals surface area contributed by atoms with Crippen LogP contribution in [-0.4, -0.2) is 38.2 Å². The van der Waals surface area contributed by atoms with Crippen LogP contribution in [0.3, 0.4) is 0 Å². The second-order valence-electron chi connectivity index (χ2n) is 5.74. The highest BCUT2D eigenvalue weighted by atomic mass is 35.5. The zero-order valence-electron chi connectivity index (χ0n) is 12.3. The first-order valence-electron chi connectivity index (χ1n) is 7.41. The highest BCUT2D eigenvalue weighted by molar-refractivity contribution is 7.89. The Bertz CT molecular complexity index is 591. The predicted octanol–water partition coefficient (Wildman–Crippen LogP) is 2.11. The molecule has 2 heterocycles. The molecule has 0 spiro atoms. The summed E-state index contributed by atoms with van der Waals surface area (Å²) in [6, 6.07) is 9.03. The molecular weight excluding hydrogens is 308 g/mol. The molecule has 0 radical (unpaired) electrons. The summed E-state index contributed by atoms with van der Waals surface area (Å²) in [6.45, 7) is 3.76. The highest BCUT2D eigenvalue weighted by Crippen LogP contribution is 2.36. The van der Waals surface area contributed by atoms with Gasteiger partial charge in [-0.05, 0) is 37.3 Å². The number of hydrogen-bond acceptors (Lipinski definition) is 3. The van der Waals surface area contributed by atoms with E-state index in [1.54, 1.807) is 6.92 Å². The number of nitrogens with zero attached hydrogens (tertiary/aromatic N) is 1. The number of nitrogens with one attached hydrogen (secondary N) is 1. The van der Waals surface area contributed by atoms with Crippen molar-refractivity contribution < 1.29 is 8.42 Å². The third kappa shape index (κ3) is 3.59. The lowest BCUT2D eigenvalue weighted by Gasteiger charge is -2.43. The van der Waals surface area contributed by atoms with Gasteiger partial charge in [-0.25, -0.2) is 13.1 Å². The maximum Gasteiger partial charge on any atom is 0.211 e. The van der Waals surface area contributed by atoms with Gasteiger partial charge in [0.2, 0.25) is 10.0 Å². The number of rotatable bonds is 3. The minimum atomic E-state index is -3.10. The molecule has 1 aromatic rings. The monoisotopic (exact) mass is 330 g/mol. The van der Waals surface area contributed by atoms with Gasteiger partial charge in [0.1, 0.15) is 0 Å². The quantitative estimate of drug-likeness (QED) is 0.923. The molecule has 0 amide bonds. The van der Waals surface area contributed by atoms with Gasteiger partial charge in [0.15, 0.2) is 0 Å². The molecule has 21 heavy (non-hydrogen) atoms. The van der Waals surface area contributed by atoms with Gasteiger partial charge in [0.25, 0.3) is 0 Å². The number of sulfonamides is 1. The van der Waals surface area contributed by atoms with Crippen molar-refractivity contribution >= 4 is 22.4 Å². The van der Waals surface area contributed by atoms with Crippen molar-refractivity contribution in [1.29, 1.82) is 0 Å². The molecule has 0 saturated carbocycles. The van der Waals surface area contributed by atoms with E-state index in [1.165, 1.54) is 11.1 Å². The van der Waals surface area contributed by atoms with Crippen LogP contribution in [0, 0.1) is 0 Å². The number of hydrogen-bond donors (Lipinski definition) is 1. The van der Waals surface area contributed by atoms with Crippen LogP contribution in [0.25, 0.3) is 0 Å². The van der Waals surface area contributed by atoms with E-state index in [0.717, 1.165) is 32.4 Å². The second kappa shape index (κ2) is 6.65. The van der Waals surface area contributed by atoms with E-state index in [0.29, 0.717) is 6.04 Å². The van der Waals surface area contributed by atoms with E-state index in [1.807, 2.05) is 0 Å². The first-order chi connectivity index (χ1) is 9.59. The number of piperidine rings is 1. The Labute approximate surface area is 133 Å². The fraction of sp³-hybridized carbons (Fsp3) is 0.600. The molecule has 118 valence electrons. The summed E-state index contributed by atoms with van der Waals surface area (Å²) >= 11 is 0. The smallest absolute Gasteiger partial charge is 0.211 e. The van der Waals surface area contributed by atoms with E-state index < -0.39 is 10.0 Å². The normalized spacial score (nSPS) is 25.6. The Morgan fingerprint density at radius 2 is 2.05 bits per heavy atom. The molecule has 1 N–H and O–H groups in total. The Morgan fingerprint density at radius 1 is 1.29 bits per heavy atom. The van der Waals surface area contributed by atoms with Crippen molar-refractivity contribution in [3.8, 4) is 0 Å². The average molecular weight is 331 g/mol. The van der Waals surface area contributed by atoms with Gasteiger partial charge in [0.05, 0.1) is 5.75 Å². The van der Waals surface area contributed by atoms with Gasteiger partial charge in [-0.2, -0.15) is 0 Å². The van der Waals surface area contributed by atoms with Crippen molar-refractivity contribution in [1.82, 2.24) is 9.62 Å². The average Bonchev–Trinajstić information content (AvgIpc) is 2.47. The summed E-state index contributed by atoms with van der Waals surface area (Å²) in [6.07, 6.45) is 2.91. The second-order valence-corrected chi connectivity index (χ2v) is 7.79. The third-order valence-corrected chi connectivity index (χ3v) is 5.97. The molecule has 4 nitrogen and oxygen atoms in total. The minimum absolute atomic E-state index is 0. The van der Waals surface area contributed by atoms with E-state index in [4.69, 9.17) is 0 Å². The van der Waals surface area contributed by atoms with Crippen LogP contribution in [0.1, 0.15) is 36.9 Å². The fourth-order valence-corrected chi connectivity index (χ4v) is 4.29. The Balaban J connectivity index is 0.00000161. The van der Waals surface area contributed by atoms with Gasteiger partial charge in [-0.15, -0.1) is 12.4 Å². The third-order valence-electron chi connectivity index (χ3n) is 4.52. The molecule has 3 rings (SSSR count). The molecule has 1 fully saturated rings. The fourth-order valence-electron chi connectivity index (χ4n) is 3.40. The van der Waals surface area contributed by atoms with Crippen LogP contribution in [0.5, 0.6) is 0 Å². The van der Waals surface area contributed by atoms with Crippen LogP contribution in [0.15, 0.2) is 24.3 Å². The van der Waals surface area contributed by atoms with Gasteiger partial charge in [-0.3, -0.25) is 4.90 Å². The number of halogens is 1. The number of fused-ring (bicyclic) bond motifs is 3. The maximum absolute atomic E-state index is 11.7. The van der Waals surface area contributed by atoms with Crippen molar-refractivity contribution in [2.24, 2.45) is 0 Å². The van der Waals surface area contributed by atoms with Crippen LogP contribution >= 0.6 is 12.4 Å². The lowest BCUT2D eigenvalue weighted by atomic mass is 9.85. The molecule has 0 aliphatic carbocycles. The summed E-state index contributed by atoms with van der Waals surface area (Å²) in [4.78, 5) is 2.50. The summed E-state index contributed by atoms with van der Waals surface area (Å²) in [5, 5.41) is 0. The molecule has 1 aromatic carbocycles. The SMILES string of the molecule is CCS(=O)(=O)NC1CCN2CCc3ccccc3C2C1.Cl. The lowest BCUT2D eigenvalue weighted by molar-refractivity contribution is 0.122. The molecule has 2 unspecified atom stereocenters. The van der Waals surface area contributed by atoms with Crippen molar-refractivity contribution in [2.45, 2.75) is 38.3 Å². The molecule has 6 heteroatoms. The predicted molar refractivity (Wildman–Crippen MR) is 87.3 cm³/mol. The molecule has 2 aliphatic rings. The first-order valence-corrected chi connectivity index (χ1v) is 9.06. The largest absolute Gasteiger partial charge is 0.296 e. The van der Waals surface area contributed by atoms with Crippen molar-refractivity contribution in [3.05, 3.63) is 35.4 Å². The zero-order valence-corrected chi connectivity index (χ0v) is 13.9. The van der Waals surface area contributed by atoms with Crippen molar-refractivity contribution in [2.75, 3.05) is 18.8 Å². The molecule has 0 aromatic heterocycles. The van der Waals surface area contributed by atoms with Gasteiger partial charge in [0, 0.05) is 25.2 Å². The van der Waals surface area contributed by atoms with Gasteiger partial charge < -0.3 is 0 Å². The van der Waals surface area contributed by atoms with E-state index >= 15 is 0 Å². The zero-order chi connectivity index (χ0) is 14.2. The van der Waals surface area contributed by atoms with Crippen LogP contribution in [0.4, 0.5) is 0 Å². The number of benzene rings is 1. The summed E-state index contributed by atoms with van der Waals surface area (Å²) in [7, 11) is -3.10. The topological polar surface area (TPSA) is 49.4 Å². The Kier molecular flexibility index (Phi) is 5.30. The summed E-state index contributed by atoms with van der Waals surface area (Å²) in [5.41, 5.74) is 2.81. The first kappa shape index (κ1) is 16.7. The van der Waals surface area contributed by atoms with E-state index in [9.17, 15) is 8.42 Å². The molecule has 1 saturated heterocycles. The Hall–Kier alpha value is -0.620. The lowest BCUT2D eigenvalue weighted by Crippen LogP contribution is -2.48. The van der Waals surface area contributed by atoms with E-state index in [-0.39, 0.29) is 24.2 Å². The maximum atomic E-state index is 11.7.